The normalized spacial score (nSPS) is 15.3. The predicted octanol–water partition coefficient (Wildman–Crippen LogP) is 3.25. The van der Waals surface area contributed by atoms with Crippen molar-refractivity contribution in [3.63, 3.8) is 0 Å². The molecule has 0 atom stereocenters. The highest BCUT2D eigenvalue weighted by molar-refractivity contribution is 7.88. The predicted molar refractivity (Wildman–Crippen MR) is 135 cm³/mol. The number of carbonyl (C=O) groups excluding carboxylic acids is 1. The van der Waals surface area contributed by atoms with Crippen molar-refractivity contribution in [2.24, 2.45) is 0 Å². The van der Waals surface area contributed by atoms with Gasteiger partial charge in [-0.1, -0.05) is 60.7 Å². The van der Waals surface area contributed by atoms with Gasteiger partial charge in [0.25, 0.3) is 5.91 Å². The third-order valence-corrected chi connectivity index (χ3v) is 7.60. The van der Waals surface area contributed by atoms with Gasteiger partial charge in [0, 0.05) is 31.7 Å². The van der Waals surface area contributed by atoms with Crippen molar-refractivity contribution in [2.45, 2.75) is 13.0 Å². The Balaban J connectivity index is 1.55. The summed E-state index contributed by atoms with van der Waals surface area (Å²) in [6.07, 6.45) is 3.50. The number of benzene rings is 2. The number of amides is 1. The molecule has 8 nitrogen and oxygen atoms in total. The van der Waals surface area contributed by atoms with Gasteiger partial charge in [0.15, 0.2) is 5.65 Å². The molecule has 0 bridgehead atoms. The molecule has 35 heavy (non-hydrogen) atoms. The van der Waals surface area contributed by atoms with Crippen LogP contribution < -0.4 is 0 Å². The second-order valence-electron chi connectivity index (χ2n) is 8.75. The minimum atomic E-state index is -3.29. The van der Waals surface area contributed by atoms with E-state index in [4.69, 9.17) is 4.98 Å². The average Bonchev–Trinajstić information content (AvgIpc) is 3.09. The fraction of sp³-hybridized carbons (Fsp3) is 0.269. The zero-order valence-electron chi connectivity index (χ0n) is 19.5. The molecule has 1 saturated heterocycles. The van der Waals surface area contributed by atoms with Gasteiger partial charge in [0.2, 0.25) is 10.0 Å². The number of carbonyl (C=O) groups is 1. The van der Waals surface area contributed by atoms with Gasteiger partial charge >= 0.3 is 0 Å². The van der Waals surface area contributed by atoms with E-state index in [1.165, 1.54) is 10.6 Å². The van der Waals surface area contributed by atoms with Crippen LogP contribution in [0.2, 0.25) is 0 Å². The van der Waals surface area contributed by atoms with Gasteiger partial charge in [-0.15, -0.1) is 0 Å². The molecule has 1 amide bonds. The van der Waals surface area contributed by atoms with Crippen LogP contribution >= 0.6 is 0 Å². The highest BCUT2D eigenvalue weighted by Gasteiger charge is 2.27. The van der Waals surface area contributed by atoms with Crippen LogP contribution in [-0.4, -0.2) is 70.7 Å². The first kappa shape index (κ1) is 23.2. The van der Waals surface area contributed by atoms with E-state index in [9.17, 15) is 13.2 Å². The first-order chi connectivity index (χ1) is 16.9. The Morgan fingerprint density at radius 2 is 1.66 bits per heavy atom. The summed E-state index contributed by atoms with van der Waals surface area (Å²) in [4.78, 5) is 20.4. The monoisotopic (exact) mass is 489 g/mol. The molecule has 1 aliphatic heterocycles. The van der Waals surface area contributed by atoms with Gasteiger partial charge in [-0.25, -0.2) is 22.4 Å². The number of pyridine rings is 1. The van der Waals surface area contributed by atoms with Crippen molar-refractivity contribution in [1.82, 2.24) is 24.0 Å². The maximum atomic E-state index is 13.8. The maximum Gasteiger partial charge on any atom is 0.254 e. The van der Waals surface area contributed by atoms with Crippen LogP contribution in [0.5, 0.6) is 0 Å². The number of nitrogens with zero attached hydrogens (tertiary/aromatic N) is 5. The van der Waals surface area contributed by atoms with Gasteiger partial charge < -0.3 is 4.90 Å². The van der Waals surface area contributed by atoms with Crippen LogP contribution in [0.3, 0.4) is 0 Å². The lowest BCUT2D eigenvalue weighted by Gasteiger charge is -2.21. The van der Waals surface area contributed by atoms with Crippen molar-refractivity contribution in [1.29, 1.82) is 0 Å². The first-order valence-electron chi connectivity index (χ1n) is 11.6. The van der Waals surface area contributed by atoms with Crippen LogP contribution in [0.25, 0.3) is 22.3 Å². The third kappa shape index (κ3) is 4.96. The summed E-state index contributed by atoms with van der Waals surface area (Å²) in [6, 6.07) is 21.6. The molecule has 180 valence electrons. The van der Waals surface area contributed by atoms with Crippen molar-refractivity contribution in [3.8, 4) is 11.3 Å². The lowest BCUT2D eigenvalue weighted by Crippen LogP contribution is -2.37. The number of sulfonamides is 1. The lowest BCUT2D eigenvalue weighted by molar-refractivity contribution is 0.0766. The molecular weight excluding hydrogens is 462 g/mol. The molecule has 9 heteroatoms. The number of hydrogen-bond acceptors (Lipinski definition) is 5. The molecule has 0 spiro atoms. The largest absolute Gasteiger partial charge is 0.337 e. The van der Waals surface area contributed by atoms with Crippen molar-refractivity contribution in [3.05, 3.63) is 84.1 Å². The number of hydrogen-bond donors (Lipinski definition) is 0. The molecule has 3 heterocycles. The van der Waals surface area contributed by atoms with E-state index in [1.807, 2.05) is 71.4 Å². The summed E-state index contributed by atoms with van der Waals surface area (Å²) in [5, 5.41) is 5.26. The highest BCUT2D eigenvalue weighted by Crippen LogP contribution is 2.27. The van der Waals surface area contributed by atoms with Crippen LogP contribution in [0.15, 0.2) is 72.9 Å². The van der Waals surface area contributed by atoms with Gasteiger partial charge in [0.1, 0.15) is 0 Å². The number of rotatable bonds is 5. The molecule has 0 saturated carbocycles. The van der Waals surface area contributed by atoms with Crippen LogP contribution in [0.4, 0.5) is 0 Å². The van der Waals surface area contributed by atoms with E-state index in [-0.39, 0.29) is 12.5 Å². The second-order valence-corrected chi connectivity index (χ2v) is 10.7. The van der Waals surface area contributed by atoms with Gasteiger partial charge in [-0.2, -0.15) is 5.10 Å². The first-order valence-corrected chi connectivity index (χ1v) is 13.5. The molecule has 1 fully saturated rings. The standard InChI is InChI=1S/C26H27N5O3S/c1-35(33,34)30-14-8-13-29(15-16-30)26(32)22-17-24(21-11-6-3-7-12-21)28-25-23(22)18-27-31(25)19-20-9-4-2-5-10-20/h2-7,9-12,17-18H,8,13-16,19H2,1H3. The third-order valence-electron chi connectivity index (χ3n) is 6.30. The molecule has 0 aliphatic carbocycles. The smallest absolute Gasteiger partial charge is 0.254 e. The van der Waals surface area contributed by atoms with Crippen LogP contribution in [0, 0.1) is 0 Å². The second kappa shape index (κ2) is 9.59. The maximum absolute atomic E-state index is 13.8. The van der Waals surface area contributed by atoms with E-state index >= 15 is 0 Å². The van der Waals surface area contributed by atoms with Crippen molar-refractivity contribution in [2.75, 3.05) is 32.4 Å². The van der Waals surface area contributed by atoms with Crippen molar-refractivity contribution < 1.29 is 13.2 Å². The van der Waals surface area contributed by atoms with E-state index in [0.717, 1.165) is 11.1 Å². The van der Waals surface area contributed by atoms with E-state index < -0.39 is 10.0 Å². The summed E-state index contributed by atoms with van der Waals surface area (Å²) in [5.41, 5.74) is 3.87. The van der Waals surface area contributed by atoms with Gasteiger partial charge in [-0.3, -0.25) is 4.79 Å². The molecule has 5 rings (SSSR count). The Kier molecular flexibility index (Phi) is 6.36. The van der Waals surface area contributed by atoms with Gasteiger partial charge in [-0.05, 0) is 18.1 Å². The SMILES string of the molecule is CS(=O)(=O)N1CCCN(C(=O)c2cc(-c3ccccc3)nc3c2cnn3Cc2ccccc2)CC1. The Labute approximate surface area is 204 Å². The number of aromatic nitrogens is 3. The summed E-state index contributed by atoms with van der Waals surface area (Å²) < 4.78 is 27.3. The number of fused-ring (bicyclic) bond motifs is 1. The average molecular weight is 490 g/mol. The summed E-state index contributed by atoms with van der Waals surface area (Å²) >= 11 is 0. The summed E-state index contributed by atoms with van der Waals surface area (Å²) in [7, 11) is -3.29. The molecule has 0 N–H and O–H groups in total. The quantitative estimate of drug-likeness (QED) is 0.429. The van der Waals surface area contributed by atoms with E-state index in [1.54, 1.807) is 11.1 Å². The van der Waals surface area contributed by atoms with Gasteiger partial charge in [0.05, 0.1) is 35.6 Å². The minimum Gasteiger partial charge on any atom is -0.337 e. The zero-order chi connectivity index (χ0) is 24.4. The highest BCUT2D eigenvalue weighted by atomic mass is 32.2. The molecule has 2 aromatic carbocycles. The summed E-state index contributed by atoms with van der Waals surface area (Å²) in [6.45, 7) is 2.08. The molecule has 4 aromatic rings. The Bertz CT molecular complexity index is 1450. The van der Waals surface area contributed by atoms with Crippen LogP contribution in [0.1, 0.15) is 22.3 Å². The molecule has 2 aromatic heterocycles. The van der Waals surface area contributed by atoms with Crippen LogP contribution in [-0.2, 0) is 16.6 Å². The summed E-state index contributed by atoms with van der Waals surface area (Å²) in [5.74, 6) is -0.135. The Hall–Kier alpha value is -3.56. The molecule has 0 unspecified atom stereocenters. The zero-order valence-corrected chi connectivity index (χ0v) is 20.4. The fourth-order valence-corrected chi connectivity index (χ4v) is 5.33. The molecule has 0 radical (unpaired) electrons. The molecule has 1 aliphatic rings. The fourth-order valence-electron chi connectivity index (χ4n) is 4.45. The van der Waals surface area contributed by atoms with E-state index in [2.05, 4.69) is 5.10 Å². The minimum absolute atomic E-state index is 0.135. The Morgan fingerprint density at radius 3 is 2.37 bits per heavy atom. The van der Waals surface area contributed by atoms with Crippen molar-refractivity contribution >= 4 is 27.0 Å². The lowest BCUT2D eigenvalue weighted by atomic mass is 10.1. The Morgan fingerprint density at radius 1 is 0.943 bits per heavy atom. The molecular formula is C26H27N5O3S. The topological polar surface area (TPSA) is 88.4 Å². The van der Waals surface area contributed by atoms with E-state index in [0.29, 0.717) is 54.9 Å².